The minimum absolute atomic E-state index is 0. The number of benzene rings is 1. The number of rotatable bonds is 4. The van der Waals surface area contributed by atoms with E-state index >= 15 is 0 Å². The average Bonchev–Trinajstić information content (AvgIpc) is 2.47. The highest BCUT2D eigenvalue weighted by atomic mass is 127. The van der Waals surface area contributed by atoms with Gasteiger partial charge in [-0.3, -0.25) is 0 Å². The first-order chi connectivity index (χ1) is 9.31. The van der Waals surface area contributed by atoms with Crippen LogP contribution in [0.25, 0.3) is 0 Å². The van der Waals surface area contributed by atoms with Crippen LogP contribution in [0.5, 0.6) is 5.75 Å². The molecule has 1 aromatic rings. The molecular weight excluding hydrogens is 385 g/mol. The van der Waals surface area contributed by atoms with Crippen molar-refractivity contribution < 1.29 is 4.74 Å². The molecule has 6 heteroatoms. The van der Waals surface area contributed by atoms with Crippen LogP contribution in [-0.4, -0.2) is 42.1 Å². The van der Waals surface area contributed by atoms with Crippen molar-refractivity contribution in [3.63, 3.8) is 0 Å². The van der Waals surface area contributed by atoms with Gasteiger partial charge in [-0.15, -0.1) is 24.0 Å². The molecular formula is C14H22IN3OS. The standard InChI is InChI=1S/C14H21N3OS.HI/c1-2-18-13-6-4-3-5-12(13)11-16-14(15)17-7-9-19-10-8-17;/h3-6H,2,7-11H2,1H3,(H2,15,16);1H. The van der Waals surface area contributed by atoms with Crippen molar-refractivity contribution in [2.75, 3.05) is 31.2 Å². The van der Waals surface area contributed by atoms with Gasteiger partial charge in [0, 0.05) is 30.2 Å². The summed E-state index contributed by atoms with van der Waals surface area (Å²) in [6.45, 7) is 5.21. The van der Waals surface area contributed by atoms with E-state index in [-0.39, 0.29) is 24.0 Å². The van der Waals surface area contributed by atoms with Crippen LogP contribution < -0.4 is 10.5 Å². The second-order valence-corrected chi connectivity index (χ2v) is 5.54. The first-order valence-corrected chi connectivity index (χ1v) is 7.80. The van der Waals surface area contributed by atoms with Crippen LogP contribution in [-0.2, 0) is 6.54 Å². The molecule has 1 aliphatic heterocycles. The Hall–Kier alpha value is -0.630. The molecule has 1 heterocycles. The number of nitrogens with two attached hydrogens (primary N) is 1. The summed E-state index contributed by atoms with van der Waals surface area (Å²) in [6.07, 6.45) is 0. The molecule has 2 N–H and O–H groups in total. The second-order valence-electron chi connectivity index (χ2n) is 4.31. The minimum Gasteiger partial charge on any atom is -0.494 e. The highest BCUT2D eigenvalue weighted by molar-refractivity contribution is 14.0. The molecule has 112 valence electrons. The van der Waals surface area contributed by atoms with Crippen LogP contribution in [0.3, 0.4) is 0 Å². The highest BCUT2D eigenvalue weighted by Crippen LogP contribution is 2.19. The van der Waals surface area contributed by atoms with Crippen molar-refractivity contribution in [2.24, 2.45) is 10.7 Å². The van der Waals surface area contributed by atoms with E-state index in [0.29, 0.717) is 19.1 Å². The molecule has 1 aliphatic rings. The van der Waals surface area contributed by atoms with E-state index in [4.69, 9.17) is 10.5 Å². The van der Waals surface area contributed by atoms with Crippen LogP contribution in [0.15, 0.2) is 29.3 Å². The van der Waals surface area contributed by atoms with Gasteiger partial charge in [0.2, 0.25) is 0 Å². The van der Waals surface area contributed by atoms with E-state index in [9.17, 15) is 0 Å². The van der Waals surface area contributed by atoms with Gasteiger partial charge >= 0.3 is 0 Å². The van der Waals surface area contributed by atoms with Crippen molar-refractivity contribution in [1.82, 2.24) is 4.90 Å². The van der Waals surface area contributed by atoms with Gasteiger partial charge in [-0.1, -0.05) is 18.2 Å². The third kappa shape index (κ3) is 5.05. The minimum atomic E-state index is 0. The number of thioether (sulfide) groups is 1. The molecule has 0 atom stereocenters. The maximum atomic E-state index is 6.05. The van der Waals surface area contributed by atoms with E-state index in [2.05, 4.69) is 9.89 Å². The fraction of sp³-hybridized carbons (Fsp3) is 0.500. The Kier molecular flexibility index (Phi) is 8.13. The molecule has 0 unspecified atom stereocenters. The molecule has 0 bridgehead atoms. The van der Waals surface area contributed by atoms with Crippen LogP contribution >= 0.6 is 35.7 Å². The molecule has 1 aromatic carbocycles. The molecule has 0 saturated carbocycles. The number of hydrogen-bond acceptors (Lipinski definition) is 3. The number of para-hydroxylation sites is 1. The van der Waals surface area contributed by atoms with Crippen LogP contribution in [0.2, 0.25) is 0 Å². The Morgan fingerprint density at radius 2 is 2.05 bits per heavy atom. The number of ether oxygens (including phenoxy) is 1. The lowest BCUT2D eigenvalue weighted by Gasteiger charge is -2.27. The maximum Gasteiger partial charge on any atom is 0.191 e. The predicted molar refractivity (Wildman–Crippen MR) is 97.3 cm³/mol. The lowest BCUT2D eigenvalue weighted by Crippen LogP contribution is -2.42. The van der Waals surface area contributed by atoms with Crippen molar-refractivity contribution in [2.45, 2.75) is 13.5 Å². The number of hydrogen-bond donors (Lipinski definition) is 1. The average molecular weight is 407 g/mol. The van der Waals surface area contributed by atoms with Crippen molar-refractivity contribution in [3.05, 3.63) is 29.8 Å². The van der Waals surface area contributed by atoms with Gasteiger partial charge in [0.25, 0.3) is 0 Å². The summed E-state index contributed by atoms with van der Waals surface area (Å²) in [5, 5.41) is 0. The van der Waals surface area contributed by atoms with Gasteiger partial charge in [0.05, 0.1) is 13.2 Å². The number of nitrogens with zero attached hydrogens (tertiary/aromatic N) is 2. The maximum absolute atomic E-state index is 6.05. The fourth-order valence-corrected chi connectivity index (χ4v) is 2.89. The third-order valence-electron chi connectivity index (χ3n) is 3.02. The van der Waals surface area contributed by atoms with Crippen LogP contribution in [0, 0.1) is 0 Å². The molecule has 0 aromatic heterocycles. The predicted octanol–water partition coefficient (Wildman–Crippen LogP) is 2.57. The first-order valence-electron chi connectivity index (χ1n) is 6.64. The molecule has 1 fully saturated rings. The highest BCUT2D eigenvalue weighted by Gasteiger charge is 2.12. The van der Waals surface area contributed by atoms with Gasteiger partial charge < -0.3 is 15.4 Å². The lowest BCUT2D eigenvalue weighted by atomic mass is 10.2. The summed E-state index contributed by atoms with van der Waals surface area (Å²) in [4.78, 5) is 6.64. The van der Waals surface area contributed by atoms with Crippen molar-refractivity contribution >= 4 is 41.7 Å². The zero-order valence-electron chi connectivity index (χ0n) is 11.7. The zero-order valence-corrected chi connectivity index (χ0v) is 14.9. The molecule has 1 saturated heterocycles. The molecule has 0 amide bonds. The smallest absolute Gasteiger partial charge is 0.191 e. The monoisotopic (exact) mass is 407 g/mol. The Balaban J connectivity index is 0.00000200. The summed E-state index contributed by atoms with van der Waals surface area (Å²) >= 11 is 1.97. The van der Waals surface area contributed by atoms with E-state index in [1.165, 1.54) is 0 Å². The van der Waals surface area contributed by atoms with Crippen molar-refractivity contribution in [1.29, 1.82) is 0 Å². The zero-order chi connectivity index (χ0) is 13.5. The SMILES string of the molecule is CCOc1ccccc1CN=C(N)N1CCSCC1.I. The van der Waals surface area contributed by atoms with Gasteiger partial charge in [0.1, 0.15) is 5.75 Å². The Morgan fingerprint density at radius 1 is 1.35 bits per heavy atom. The van der Waals surface area contributed by atoms with E-state index in [0.717, 1.165) is 35.9 Å². The summed E-state index contributed by atoms with van der Waals surface area (Å²) in [7, 11) is 0. The molecule has 20 heavy (non-hydrogen) atoms. The summed E-state index contributed by atoms with van der Waals surface area (Å²) in [6, 6.07) is 7.99. The first kappa shape index (κ1) is 17.4. The number of aliphatic imine (C=N–C) groups is 1. The normalized spacial score (nSPS) is 15.7. The Morgan fingerprint density at radius 3 is 2.75 bits per heavy atom. The van der Waals surface area contributed by atoms with Gasteiger partial charge in [-0.25, -0.2) is 4.99 Å². The molecule has 0 aliphatic carbocycles. The molecule has 0 spiro atoms. The number of halogens is 1. The van der Waals surface area contributed by atoms with Gasteiger partial charge in [0.15, 0.2) is 5.96 Å². The van der Waals surface area contributed by atoms with Crippen LogP contribution in [0.4, 0.5) is 0 Å². The van der Waals surface area contributed by atoms with Gasteiger partial charge in [-0.05, 0) is 13.0 Å². The largest absolute Gasteiger partial charge is 0.494 e. The van der Waals surface area contributed by atoms with E-state index in [1.807, 2.05) is 43.0 Å². The number of guanidine groups is 1. The van der Waals surface area contributed by atoms with Crippen LogP contribution in [0.1, 0.15) is 12.5 Å². The summed E-state index contributed by atoms with van der Waals surface area (Å²) in [5.74, 6) is 3.81. The fourth-order valence-electron chi connectivity index (χ4n) is 1.99. The van der Waals surface area contributed by atoms with E-state index in [1.54, 1.807) is 0 Å². The molecule has 0 radical (unpaired) electrons. The van der Waals surface area contributed by atoms with Gasteiger partial charge in [-0.2, -0.15) is 11.8 Å². The van der Waals surface area contributed by atoms with E-state index < -0.39 is 0 Å². The topological polar surface area (TPSA) is 50.9 Å². The molecule has 4 nitrogen and oxygen atoms in total. The second kappa shape index (κ2) is 9.33. The third-order valence-corrected chi connectivity index (χ3v) is 3.96. The Labute approximate surface area is 142 Å². The quantitative estimate of drug-likeness (QED) is 0.474. The van der Waals surface area contributed by atoms with Crippen molar-refractivity contribution in [3.8, 4) is 5.75 Å². The lowest BCUT2D eigenvalue weighted by molar-refractivity contribution is 0.336. The summed E-state index contributed by atoms with van der Waals surface area (Å²) < 4.78 is 5.59. The molecule has 2 rings (SSSR count). The Bertz CT molecular complexity index is 436. The summed E-state index contributed by atoms with van der Waals surface area (Å²) in [5.41, 5.74) is 7.13.